The molecule has 0 radical (unpaired) electrons. The second-order valence-corrected chi connectivity index (χ2v) is 5.58. The van der Waals surface area contributed by atoms with E-state index in [0.29, 0.717) is 0 Å². The van der Waals surface area contributed by atoms with Crippen LogP contribution in [0.4, 0.5) is 0 Å². The van der Waals surface area contributed by atoms with Crippen molar-refractivity contribution in [1.29, 1.82) is 0 Å². The van der Waals surface area contributed by atoms with Crippen LogP contribution in [0.3, 0.4) is 0 Å². The maximum atomic E-state index is 6.07. The summed E-state index contributed by atoms with van der Waals surface area (Å²) in [6.07, 6.45) is 7.33. The molecule has 114 valence electrons. The Morgan fingerprint density at radius 3 is 2.42 bits per heavy atom. The van der Waals surface area contributed by atoms with E-state index in [2.05, 4.69) is 11.8 Å². The van der Waals surface area contributed by atoms with Gasteiger partial charge in [0.15, 0.2) is 0 Å². The SMILES string of the molecule is CCCN(CCOCCCOC)C1(CN)CCCC1. The molecule has 1 aliphatic rings. The molecule has 2 N–H and O–H groups in total. The molecule has 19 heavy (non-hydrogen) atoms. The summed E-state index contributed by atoms with van der Waals surface area (Å²) in [7, 11) is 1.73. The minimum absolute atomic E-state index is 0.256. The van der Waals surface area contributed by atoms with Crippen LogP contribution >= 0.6 is 0 Å². The highest BCUT2D eigenvalue weighted by molar-refractivity contribution is 4.95. The van der Waals surface area contributed by atoms with Crippen LogP contribution < -0.4 is 5.73 Å². The number of nitrogens with zero attached hydrogens (tertiary/aromatic N) is 1. The Kier molecular flexibility index (Phi) is 8.62. The van der Waals surface area contributed by atoms with Gasteiger partial charge in [0, 0.05) is 39.0 Å². The number of hydrogen-bond donors (Lipinski definition) is 1. The predicted octanol–water partition coefficient (Wildman–Crippen LogP) is 2.02. The first kappa shape index (κ1) is 16.9. The van der Waals surface area contributed by atoms with Crippen LogP contribution in [0.25, 0.3) is 0 Å². The molecule has 0 atom stereocenters. The van der Waals surface area contributed by atoms with E-state index in [9.17, 15) is 0 Å². The summed E-state index contributed by atoms with van der Waals surface area (Å²) in [6.45, 7) is 7.57. The van der Waals surface area contributed by atoms with Crippen LogP contribution in [0.1, 0.15) is 45.4 Å². The Morgan fingerprint density at radius 2 is 1.84 bits per heavy atom. The van der Waals surface area contributed by atoms with Gasteiger partial charge in [-0.1, -0.05) is 19.8 Å². The minimum Gasteiger partial charge on any atom is -0.385 e. The smallest absolute Gasteiger partial charge is 0.0593 e. The van der Waals surface area contributed by atoms with E-state index in [1.165, 1.54) is 32.1 Å². The van der Waals surface area contributed by atoms with Gasteiger partial charge in [-0.3, -0.25) is 4.90 Å². The first-order chi connectivity index (χ1) is 9.29. The lowest BCUT2D eigenvalue weighted by Crippen LogP contribution is -2.53. The molecule has 0 aliphatic heterocycles. The summed E-state index contributed by atoms with van der Waals surface area (Å²) >= 11 is 0. The van der Waals surface area contributed by atoms with Crippen LogP contribution in [0.5, 0.6) is 0 Å². The lowest BCUT2D eigenvalue weighted by atomic mass is 9.95. The molecule has 1 rings (SSSR count). The van der Waals surface area contributed by atoms with Gasteiger partial charge in [0.05, 0.1) is 6.61 Å². The molecule has 0 amide bonds. The van der Waals surface area contributed by atoms with Crippen molar-refractivity contribution in [1.82, 2.24) is 4.90 Å². The highest BCUT2D eigenvalue weighted by Gasteiger charge is 2.37. The maximum absolute atomic E-state index is 6.07. The normalized spacial score (nSPS) is 18.3. The summed E-state index contributed by atoms with van der Waals surface area (Å²) in [5, 5.41) is 0. The topological polar surface area (TPSA) is 47.7 Å². The standard InChI is InChI=1S/C15H32N2O2/c1-3-9-17(10-13-19-12-6-11-18-2)15(14-16)7-4-5-8-15/h3-14,16H2,1-2H3. The molecular formula is C15H32N2O2. The molecule has 0 spiro atoms. The molecule has 1 aliphatic carbocycles. The van der Waals surface area contributed by atoms with Gasteiger partial charge in [-0.2, -0.15) is 0 Å². The van der Waals surface area contributed by atoms with Crippen molar-refractivity contribution < 1.29 is 9.47 Å². The van der Waals surface area contributed by atoms with Crippen molar-refractivity contribution in [2.75, 3.05) is 46.6 Å². The quantitative estimate of drug-likeness (QED) is 0.585. The summed E-state index contributed by atoms with van der Waals surface area (Å²) in [4.78, 5) is 2.58. The Labute approximate surface area is 118 Å². The lowest BCUT2D eigenvalue weighted by molar-refractivity contribution is 0.0409. The summed E-state index contributed by atoms with van der Waals surface area (Å²) in [5.41, 5.74) is 6.33. The van der Waals surface area contributed by atoms with Gasteiger partial charge in [0.2, 0.25) is 0 Å². The molecule has 1 fully saturated rings. The summed E-state index contributed by atoms with van der Waals surface area (Å²) in [5.74, 6) is 0. The monoisotopic (exact) mass is 272 g/mol. The fraction of sp³-hybridized carbons (Fsp3) is 1.00. The van der Waals surface area contributed by atoms with Gasteiger partial charge in [0.1, 0.15) is 0 Å². The van der Waals surface area contributed by atoms with E-state index < -0.39 is 0 Å². The Hall–Kier alpha value is -0.160. The zero-order valence-electron chi connectivity index (χ0n) is 12.8. The number of ether oxygens (including phenoxy) is 2. The molecule has 0 heterocycles. The Balaban J connectivity index is 2.31. The lowest BCUT2D eigenvalue weighted by Gasteiger charge is -2.40. The molecule has 0 unspecified atom stereocenters. The zero-order chi connectivity index (χ0) is 14.0. The van der Waals surface area contributed by atoms with Crippen molar-refractivity contribution in [3.63, 3.8) is 0 Å². The molecule has 0 saturated heterocycles. The van der Waals surface area contributed by atoms with Crippen molar-refractivity contribution in [2.45, 2.75) is 51.0 Å². The number of nitrogens with two attached hydrogens (primary N) is 1. The molecule has 1 saturated carbocycles. The van der Waals surface area contributed by atoms with Gasteiger partial charge < -0.3 is 15.2 Å². The van der Waals surface area contributed by atoms with E-state index in [1.54, 1.807) is 7.11 Å². The van der Waals surface area contributed by atoms with Crippen molar-refractivity contribution in [2.24, 2.45) is 5.73 Å². The average molecular weight is 272 g/mol. The Morgan fingerprint density at radius 1 is 1.11 bits per heavy atom. The average Bonchev–Trinajstić information content (AvgIpc) is 2.91. The van der Waals surface area contributed by atoms with Crippen LogP contribution in [0.15, 0.2) is 0 Å². The Bertz CT molecular complexity index is 218. The van der Waals surface area contributed by atoms with Crippen molar-refractivity contribution >= 4 is 0 Å². The number of methoxy groups -OCH3 is 1. The van der Waals surface area contributed by atoms with Gasteiger partial charge in [-0.15, -0.1) is 0 Å². The van der Waals surface area contributed by atoms with Crippen LogP contribution in [-0.4, -0.2) is 57.0 Å². The highest BCUT2D eigenvalue weighted by Crippen LogP contribution is 2.34. The minimum atomic E-state index is 0.256. The second kappa shape index (κ2) is 9.70. The zero-order valence-corrected chi connectivity index (χ0v) is 12.8. The fourth-order valence-corrected chi connectivity index (χ4v) is 3.12. The maximum Gasteiger partial charge on any atom is 0.0593 e. The molecule has 0 aromatic heterocycles. The van der Waals surface area contributed by atoms with Gasteiger partial charge in [0.25, 0.3) is 0 Å². The number of rotatable bonds is 11. The van der Waals surface area contributed by atoms with Crippen LogP contribution in [-0.2, 0) is 9.47 Å². The third-order valence-corrected chi connectivity index (χ3v) is 4.22. The first-order valence-electron chi connectivity index (χ1n) is 7.81. The van der Waals surface area contributed by atoms with Crippen LogP contribution in [0.2, 0.25) is 0 Å². The largest absolute Gasteiger partial charge is 0.385 e. The van der Waals surface area contributed by atoms with E-state index >= 15 is 0 Å². The fourth-order valence-electron chi connectivity index (χ4n) is 3.12. The highest BCUT2D eigenvalue weighted by atomic mass is 16.5. The molecule has 0 aromatic carbocycles. The van der Waals surface area contributed by atoms with Crippen molar-refractivity contribution in [3.8, 4) is 0 Å². The number of hydrogen-bond acceptors (Lipinski definition) is 4. The third kappa shape index (κ3) is 5.38. The molecule has 0 bridgehead atoms. The van der Waals surface area contributed by atoms with Crippen molar-refractivity contribution in [3.05, 3.63) is 0 Å². The van der Waals surface area contributed by atoms with E-state index in [-0.39, 0.29) is 5.54 Å². The summed E-state index contributed by atoms with van der Waals surface area (Å²) < 4.78 is 10.7. The molecule has 0 aromatic rings. The summed E-state index contributed by atoms with van der Waals surface area (Å²) in [6, 6.07) is 0. The predicted molar refractivity (Wildman–Crippen MR) is 79.4 cm³/mol. The first-order valence-corrected chi connectivity index (χ1v) is 7.81. The molecule has 4 heteroatoms. The van der Waals surface area contributed by atoms with E-state index in [0.717, 1.165) is 45.9 Å². The third-order valence-electron chi connectivity index (χ3n) is 4.22. The van der Waals surface area contributed by atoms with Gasteiger partial charge in [-0.25, -0.2) is 0 Å². The molecule has 4 nitrogen and oxygen atoms in total. The second-order valence-electron chi connectivity index (χ2n) is 5.58. The van der Waals surface area contributed by atoms with Gasteiger partial charge in [-0.05, 0) is 32.2 Å². The van der Waals surface area contributed by atoms with Gasteiger partial charge >= 0.3 is 0 Å². The molecular weight excluding hydrogens is 240 g/mol. The van der Waals surface area contributed by atoms with E-state index in [1.807, 2.05) is 0 Å². The van der Waals surface area contributed by atoms with Crippen LogP contribution in [0, 0.1) is 0 Å². The van der Waals surface area contributed by atoms with E-state index in [4.69, 9.17) is 15.2 Å².